The largest absolute Gasteiger partial charge is 0.390 e. The van der Waals surface area contributed by atoms with E-state index in [0.717, 1.165) is 37.5 Å². The Morgan fingerprint density at radius 2 is 1.61 bits per heavy atom. The first-order chi connectivity index (χ1) is 20.4. The summed E-state index contributed by atoms with van der Waals surface area (Å²) < 4.78 is 23.7. The van der Waals surface area contributed by atoms with Crippen molar-refractivity contribution in [2.45, 2.75) is 121 Å². The Bertz CT molecular complexity index is 1250. The molecule has 0 unspecified atom stereocenters. The Balaban J connectivity index is 1.88. The fourth-order valence-corrected chi connectivity index (χ4v) is 7.15. The van der Waals surface area contributed by atoms with Crippen LogP contribution in [0.15, 0.2) is 30.3 Å². The average Bonchev–Trinajstić information content (AvgIpc) is 2.92. The van der Waals surface area contributed by atoms with Crippen LogP contribution >= 0.6 is 0 Å². The molecular weight excluding hydrogens is 580 g/mol. The van der Waals surface area contributed by atoms with Crippen LogP contribution in [0.2, 0.25) is 0 Å². The molecular formula is C33H54N4O6S. The summed E-state index contributed by atoms with van der Waals surface area (Å²) in [5.41, 5.74) is 0.626. The number of amides is 3. The number of aliphatic hydroxyl groups excluding tert-OH is 1. The SMILES string of the molecule is CC(=O)N[C@H](C(=O)N[C@@H](CCc1ccccc1)[C@H](O)CN1C[C@H]2CCCC[C@H]2C[C@H]1C(=O)NC(C)(C)C)C(C)(C)S(C)(=O)=O. The van der Waals surface area contributed by atoms with Crippen LogP contribution in [0.4, 0.5) is 0 Å². The van der Waals surface area contributed by atoms with Gasteiger partial charge >= 0.3 is 0 Å². The van der Waals surface area contributed by atoms with Crippen LogP contribution in [0, 0.1) is 11.8 Å². The van der Waals surface area contributed by atoms with Crippen LogP contribution in [0.1, 0.15) is 85.6 Å². The van der Waals surface area contributed by atoms with Crippen molar-refractivity contribution in [1.29, 1.82) is 0 Å². The maximum Gasteiger partial charge on any atom is 0.244 e. The summed E-state index contributed by atoms with van der Waals surface area (Å²) in [5, 5.41) is 20.3. The number of likely N-dealkylation sites (tertiary alicyclic amines) is 1. The number of carbonyl (C=O) groups excluding carboxylic acids is 3. The zero-order valence-electron chi connectivity index (χ0n) is 27.6. The highest BCUT2D eigenvalue weighted by molar-refractivity contribution is 7.92. The number of carbonyl (C=O) groups is 3. The highest BCUT2D eigenvalue weighted by Gasteiger charge is 2.46. The molecule has 0 bridgehead atoms. The van der Waals surface area contributed by atoms with Crippen molar-refractivity contribution in [3.05, 3.63) is 35.9 Å². The number of aliphatic hydroxyl groups is 1. The first-order valence-electron chi connectivity index (χ1n) is 15.9. The van der Waals surface area contributed by atoms with Gasteiger partial charge in [-0.1, -0.05) is 49.6 Å². The fraction of sp³-hybridized carbons (Fsp3) is 0.727. The van der Waals surface area contributed by atoms with Crippen LogP contribution < -0.4 is 16.0 Å². The van der Waals surface area contributed by atoms with Gasteiger partial charge in [0.25, 0.3) is 0 Å². The van der Waals surface area contributed by atoms with Crippen molar-refractivity contribution in [3.8, 4) is 0 Å². The number of rotatable bonds is 12. The van der Waals surface area contributed by atoms with Gasteiger partial charge in [-0.05, 0) is 77.7 Å². The van der Waals surface area contributed by atoms with Gasteiger partial charge in [-0.25, -0.2) is 8.42 Å². The lowest BCUT2D eigenvalue weighted by Gasteiger charge is -2.47. The van der Waals surface area contributed by atoms with E-state index in [-0.39, 0.29) is 12.5 Å². The maximum absolute atomic E-state index is 13.7. The molecule has 2 fully saturated rings. The number of aryl methyl sites for hydroxylation is 1. The minimum absolute atomic E-state index is 0.0563. The van der Waals surface area contributed by atoms with Gasteiger partial charge < -0.3 is 21.1 Å². The third-order valence-corrected chi connectivity index (χ3v) is 11.5. The molecule has 3 rings (SSSR count). The molecule has 6 atom stereocenters. The van der Waals surface area contributed by atoms with E-state index in [1.54, 1.807) is 0 Å². The van der Waals surface area contributed by atoms with Gasteiger partial charge in [0.2, 0.25) is 17.7 Å². The third-order valence-electron chi connectivity index (χ3n) is 9.36. The Labute approximate surface area is 264 Å². The quantitative estimate of drug-likeness (QED) is 0.277. The predicted octanol–water partition coefficient (Wildman–Crippen LogP) is 2.59. The van der Waals surface area contributed by atoms with Crippen LogP contribution in [-0.4, -0.2) is 90.0 Å². The van der Waals surface area contributed by atoms with Crippen LogP contribution in [0.3, 0.4) is 0 Å². The van der Waals surface area contributed by atoms with Gasteiger partial charge in [0, 0.05) is 31.8 Å². The monoisotopic (exact) mass is 634 g/mol. The smallest absolute Gasteiger partial charge is 0.244 e. The Morgan fingerprint density at radius 1 is 1.00 bits per heavy atom. The molecule has 1 heterocycles. The van der Waals surface area contributed by atoms with Crippen LogP contribution in [0.5, 0.6) is 0 Å². The Hall–Kier alpha value is -2.50. The van der Waals surface area contributed by atoms with Crippen molar-refractivity contribution < 1.29 is 27.9 Å². The molecule has 3 amide bonds. The van der Waals surface area contributed by atoms with Crippen molar-refractivity contribution >= 4 is 27.6 Å². The van der Waals surface area contributed by atoms with Crippen molar-refractivity contribution in [1.82, 2.24) is 20.9 Å². The molecule has 0 spiro atoms. The van der Waals surface area contributed by atoms with Crippen LogP contribution in [0.25, 0.3) is 0 Å². The second-order valence-corrected chi connectivity index (χ2v) is 17.1. The number of sulfone groups is 1. The lowest BCUT2D eigenvalue weighted by atomic mass is 9.72. The summed E-state index contributed by atoms with van der Waals surface area (Å²) in [7, 11) is -3.76. The molecule has 1 saturated carbocycles. The second-order valence-electron chi connectivity index (χ2n) is 14.5. The molecule has 4 N–H and O–H groups in total. The molecule has 0 radical (unpaired) electrons. The first kappa shape index (κ1) is 36.0. The lowest BCUT2D eigenvalue weighted by Crippen LogP contribution is -2.63. The number of nitrogens with zero attached hydrogens (tertiary/aromatic N) is 1. The number of piperidine rings is 1. The molecule has 248 valence electrons. The van der Waals surface area contributed by atoms with E-state index < -0.39 is 56.2 Å². The molecule has 1 aromatic carbocycles. The van der Waals surface area contributed by atoms with Gasteiger partial charge in [-0.15, -0.1) is 0 Å². The van der Waals surface area contributed by atoms with E-state index in [1.165, 1.54) is 27.2 Å². The highest BCUT2D eigenvalue weighted by Crippen LogP contribution is 2.39. The zero-order valence-corrected chi connectivity index (χ0v) is 28.4. The molecule has 1 aromatic rings. The minimum Gasteiger partial charge on any atom is -0.390 e. The van der Waals surface area contributed by atoms with Crippen molar-refractivity contribution in [3.63, 3.8) is 0 Å². The number of β-amino-alcohol motifs (C(OH)–C–C–N with tert-alkyl or cyclic N) is 1. The summed E-state index contributed by atoms with van der Waals surface area (Å²) in [6.45, 7) is 10.8. The third kappa shape index (κ3) is 9.75. The molecule has 1 saturated heterocycles. The summed E-state index contributed by atoms with van der Waals surface area (Å²) in [6, 6.07) is 7.18. The van der Waals surface area contributed by atoms with E-state index >= 15 is 0 Å². The number of hydrogen-bond acceptors (Lipinski definition) is 7. The fourth-order valence-electron chi connectivity index (χ4n) is 6.56. The summed E-state index contributed by atoms with van der Waals surface area (Å²) in [4.78, 5) is 41.4. The van der Waals surface area contributed by atoms with E-state index in [4.69, 9.17) is 0 Å². The normalized spacial score (nSPS) is 23.5. The van der Waals surface area contributed by atoms with E-state index in [1.807, 2.05) is 51.1 Å². The Kier molecular flexibility index (Phi) is 12.0. The van der Waals surface area contributed by atoms with Crippen LogP contribution in [-0.2, 0) is 30.6 Å². The van der Waals surface area contributed by atoms with E-state index in [2.05, 4.69) is 20.9 Å². The van der Waals surface area contributed by atoms with Gasteiger partial charge in [0.1, 0.15) is 6.04 Å². The molecule has 2 aliphatic rings. The van der Waals surface area contributed by atoms with Crippen molar-refractivity contribution in [2.75, 3.05) is 19.3 Å². The van der Waals surface area contributed by atoms with Gasteiger partial charge in [0.05, 0.1) is 22.9 Å². The summed E-state index contributed by atoms with van der Waals surface area (Å²) in [5.74, 6) is -0.351. The second kappa shape index (κ2) is 14.7. The highest BCUT2D eigenvalue weighted by atomic mass is 32.2. The molecule has 1 aliphatic heterocycles. The summed E-state index contributed by atoms with van der Waals surface area (Å²) in [6.07, 6.45) is 6.18. The number of nitrogens with one attached hydrogen (secondary N) is 3. The maximum atomic E-state index is 13.7. The lowest BCUT2D eigenvalue weighted by molar-refractivity contribution is -0.133. The predicted molar refractivity (Wildman–Crippen MR) is 173 cm³/mol. The standard InChI is InChI=1S/C33H54N4O6S/c1-22(38)34-29(33(5,6)44(7,42)43)31(41)35-26(18-17-23-13-9-8-10-14-23)28(39)21-37-20-25-16-12-11-15-24(25)19-27(37)30(40)36-32(2,3)4/h8-10,13-14,24-29,39H,11-12,15-21H2,1-7H3,(H,34,38)(H,35,41)(H,36,40)/t24-,25+,26-,27-,28+,29+/m0/s1. The molecule has 44 heavy (non-hydrogen) atoms. The van der Waals surface area contributed by atoms with Gasteiger partial charge in [-0.2, -0.15) is 0 Å². The number of hydrogen-bond donors (Lipinski definition) is 4. The molecule has 10 nitrogen and oxygen atoms in total. The average molecular weight is 635 g/mol. The molecule has 0 aromatic heterocycles. The number of benzene rings is 1. The van der Waals surface area contributed by atoms with Gasteiger partial charge in [-0.3, -0.25) is 19.3 Å². The zero-order chi connectivity index (χ0) is 32.9. The first-order valence-corrected chi connectivity index (χ1v) is 17.8. The molecule has 11 heteroatoms. The van der Waals surface area contributed by atoms with Gasteiger partial charge in [0.15, 0.2) is 9.84 Å². The Morgan fingerprint density at radius 3 is 2.18 bits per heavy atom. The minimum atomic E-state index is -3.76. The number of fused-ring (bicyclic) bond motifs is 1. The summed E-state index contributed by atoms with van der Waals surface area (Å²) >= 11 is 0. The van der Waals surface area contributed by atoms with Crippen molar-refractivity contribution in [2.24, 2.45) is 11.8 Å². The van der Waals surface area contributed by atoms with E-state index in [9.17, 15) is 27.9 Å². The van der Waals surface area contributed by atoms with E-state index in [0.29, 0.717) is 31.2 Å². The molecule has 1 aliphatic carbocycles. The topological polar surface area (TPSA) is 145 Å².